The van der Waals surface area contributed by atoms with Crippen LogP contribution in [0.4, 0.5) is 0 Å². The first kappa shape index (κ1) is 33.3. The topological polar surface area (TPSA) is 23.8 Å². The maximum atomic E-state index is 6.94. The van der Waals surface area contributed by atoms with E-state index in [-0.39, 0.29) is 42.1 Å². The quantitative estimate of drug-likeness (QED) is 0.274. The summed E-state index contributed by atoms with van der Waals surface area (Å²) in [5, 5.41) is 0. The molecule has 1 nitrogen and oxygen atoms in total. The van der Waals surface area contributed by atoms with Gasteiger partial charge in [0.25, 0.3) is 0 Å². The first-order valence-corrected chi connectivity index (χ1v) is 6.81. The third kappa shape index (κ3) is 21.9. The van der Waals surface area contributed by atoms with Crippen molar-refractivity contribution in [1.82, 2.24) is 0 Å². The van der Waals surface area contributed by atoms with E-state index in [2.05, 4.69) is 40.3 Å². The predicted octanol–water partition coefficient (Wildman–Crippen LogP) is 7.21. The summed E-state index contributed by atoms with van der Waals surface area (Å²) in [4.78, 5) is 0. The van der Waals surface area contributed by atoms with Crippen LogP contribution in [0, 0.1) is 26.8 Å². The van der Waals surface area contributed by atoms with Gasteiger partial charge in [-0.2, -0.15) is 11.1 Å². The van der Waals surface area contributed by atoms with Crippen molar-refractivity contribution in [2.24, 2.45) is 5.92 Å². The van der Waals surface area contributed by atoms with Gasteiger partial charge in [0.2, 0.25) is 0 Å². The van der Waals surface area contributed by atoms with E-state index in [1.807, 2.05) is 39.8 Å². The molecule has 0 spiro atoms. The maximum absolute atomic E-state index is 6.94. The summed E-state index contributed by atoms with van der Waals surface area (Å²) in [5.74, 6) is 0.560. The molecule has 22 heavy (non-hydrogen) atoms. The number of nitrogens with one attached hydrogen (secondary N) is 1. The molecule has 1 N–H and O–H groups in total. The average Bonchev–Trinajstić information content (AvgIpc) is 2.45. The molecule has 1 aliphatic carbocycles. The van der Waals surface area contributed by atoms with Crippen LogP contribution < -0.4 is 0 Å². The summed E-state index contributed by atoms with van der Waals surface area (Å²) < 4.78 is 0. The molecule has 126 valence electrons. The van der Waals surface area contributed by atoms with Crippen LogP contribution >= 0.6 is 0 Å². The van der Waals surface area contributed by atoms with Crippen molar-refractivity contribution < 1.29 is 21.7 Å². The standard InChI is InChI=1S/C9H13.C5H8.C4H10N.2CH3.Ti/c1-6-5-7(2)9(4)8(6)3;1-3-5-4-2;1-4(2,3)5;;;/h6H,1-4H3;3-5H,1H2,2H3;5H,1-3H3;2*1H3;/q-1;;3*-1;+4. The molecule has 0 amide bonds. The van der Waals surface area contributed by atoms with Crippen LogP contribution in [0.15, 0.2) is 41.5 Å². The largest absolute Gasteiger partial charge is 4.00 e. The van der Waals surface area contributed by atoms with Gasteiger partial charge >= 0.3 is 21.7 Å². The third-order valence-electron chi connectivity index (χ3n) is 2.57. The average molecular weight is 339 g/mol. The molecule has 0 radical (unpaired) electrons. The fourth-order valence-corrected chi connectivity index (χ4v) is 1.30. The SMILES string of the molecule is C=CC=CC.CC(C)(C)[NH-].CC1=[C-]C(C)C(C)=C1C.[CH3-].[CH3-].[Ti+4]. The molecule has 1 aliphatic rings. The summed E-state index contributed by atoms with van der Waals surface area (Å²) in [6.07, 6.45) is 8.94. The van der Waals surface area contributed by atoms with Crippen molar-refractivity contribution in [3.05, 3.63) is 68.2 Å². The molecule has 0 aromatic carbocycles. The summed E-state index contributed by atoms with van der Waals surface area (Å²) in [6.45, 7) is 19.7. The molecule has 0 saturated heterocycles. The van der Waals surface area contributed by atoms with Gasteiger partial charge < -0.3 is 20.6 Å². The first-order chi connectivity index (χ1) is 8.54. The van der Waals surface area contributed by atoms with Crippen LogP contribution in [-0.2, 0) is 21.7 Å². The number of allylic oxidation sites excluding steroid dienone is 7. The summed E-state index contributed by atoms with van der Waals surface area (Å²) in [7, 11) is 0. The monoisotopic (exact) mass is 339 g/mol. The van der Waals surface area contributed by atoms with Gasteiger partial charge in [-0.15, -0.1) is 12.5 Å². The Hall–Kier alpha value is -0.366. The van der Waals surface area contributed by atoms with E-state index in [1.165, 1.54) is 16.7 Å². The summed E-state index contributed by atoms with van der Waals surface area (Å²) in [5.41, 5.74) is 10.9. The van der Waals surface area contributed by atoms with Crippen LogP contribution in [0.3, 0.4) is 0 Å². The third-order valence-corrected chi connectivity index (χ3v) is 2.57. The normalized spacial score (nSPS) is 15.9. The molecule has 0 aromatic rings. The molecule has 1 atom stereocenters. The van der Waals surface area contributed by atoms with Gasteiger partial charge in [-0.1, -0.05) is 72.3 Å². The number of hydrogen-bond donors (Lipinski definition) is 0. The van der Waals surface area contributed by atoms with Gasteiger partial charge in [0.05, 0.1) is 0 Å². The van der Waals surface area contributed by atoms with Crippen molar-refractivity contribution in [2.75, 3.05) is 0 Å². The second-order valence-corrected chi connectivity index (χ2v) is 5.81. The van der Waals surface area contributed by atoms with Gasteiger partial charge in [-0.05, 0) is 6.92 Å². The minimum absolute atomic E-state index is 0. The zero-order valence-electron chi connectivity index (χ0n) is 16.5. The van der Waals surface area contributed by atoms with Gasteiger partial charge in [0.1, 0.15) is 0 Å². The van der Waals surface area contributed by atoms with E-state index < -0.39 is 0 Å². The fourth-order valence-electron chi connectivity index (χ4n) is 1.30. The zero-order chi connectivity index (χ0) is 15.6. The molecule has 0 bridgehead atoms. The second kappa shape index (κ2) is 17.0. The van der Waals surface area contributed by atoms with Crippen molar-refractivity contribution in [1.29, 1.82) is 0 Å². The Kier molecular flexibility index (Phi) is 25.7. The van der Waals surface area contributed by atoms with Crippen molar-refractivity contribution in [3.63, 3.8) is 0 Å². The van der Waals surface area contributed by atoms with Crippen molar-refractivity contribution in [3.8, 4) is 0 Å². The van der Waals surface area contributed by atoms with Gasteiger partial charge in [-0.3, -0.25) is 6.08 Å². The predicted molar refractivity (Wildman–Crippen MR) is 102 cm³/mol. The molecule has 0 saturated carbocycles. The minimum atomic E-state index is -0.250. The van der Waals surface area contributed by atoms with Crippen LogP contribution in [0.5, 0.6) is 0 Å². The van der Waals surface area contributed by atoms with Crippen LogP contribution in [0.25, 0.3) is 5.73 Å². The molecule has 1 unspecified atom stereocenters. The van der Waals surface area contributed by atoms with E-state index in [1.54, 1.807) is 6.08 Å². The molecule has 0 aliphatic heterocycles. The second-order valence-electron chi connectivity index (χ2n) is 5.81. The van der Waals surface area contributed by atoms with Crippen LogP contribution in [0.1, 0.15) is 55.4 Å². The zero-order valence-corrected chi connectivity index (χ0v) is 18.1. The van der Waals surface area contributed by atoms with Gasteiger partial charge in [0, 0.05) is 0 Å². The van der Waals surface area contributed by atoms with E-state index in [0.29, 0.717) is 5.92 Å². The van der Waals surface area contributed by atoms with Crippen LogP contribution in [0.2, 0.25) is 0 Å². The Morgan fingerprint density at radius 3 is 1.55 bits per heavy atom. The van der Waals surface area contributed by atoms with E-state index in [9.17, 15) is 0 Å². The smallest absolute Gasteiger partial charge is 0.673 e. The van der Waals surface area contributed by atoms with Gasteiger partial charge in [0.15, 0.2) is 0 Å². The molecule has 2 heteroatoms. The molecule has 0 aromatic heterocycles. The van der Waals surface area contributed by atoms with Crippen LogP contribution in [-0.4, -0.2) is 5.54 Å². The Bertz CT molecular complexity index is 348. The first-order valence-electron chi connectivity index (χ1n) is 6.81. The Labute approximate surface area is 156 Å². The molecule has 0 heterocycles. The molecule has 0 fully saturated rings. The summed E-state index contributed by atoms with van der Waals surface area (Å²) in [6, 6.07) is 0. The molecular weight excluding hydrogens is 302 g/mol. The Morgan fingerprint density at radius 1 is 1.14 bits per heavy atom. The fraction of sp³-hybridized carbons (Fsp3) is 0.500. The summed E-state index contributed by atoms with van der Waals surface area (Å²) >= 11 is 0. The Morgan fingerprint density at radius 2 is 1.50 bits per heavy atom. The van der Waals surface area contributed by atoms with Gasteiger partial charge in [-0.25, -0.2) is 5.57 Å². The minimum Gasteiger partial charge on any atom is -0.673 e. The van der Waals surface area contributed by atoms with E-state index in [4.69, 9.17) is 5.73 Å². The molecular formula is C20H37NTi. The number of rotatable bonds is 1. The molecule has 1 rings (SSSR count). The van der Waals surface area contributed by atoms with E-state index in [0.717, 1.165) is 0 Å². The van der Waals surface area contributed by atoms with E-state index >= 15 is 0 Å². The number of hydrogen-bond acceptors (Lipinski definition) is 0. The van der Waals surface area contributed by atoms with Crippen molar-refractivity contribution >= 4 is 0 Å². The Balaban J connectivity index is -0.0000000659. The maximum Gasteiger partial charge on any atom is 4.00 e. The van der Waals surface area contributed by atoms with Crippen molar-refractivity contribution in [2.45, 2.75) is 60.9 Å².